The number of alkyl halides is 2. The highest BCUT2D eigenvalue weighted by Gasteiger charge is 2.35. The Morgan fingerprint density at radius 3 is 2.57 bits per heavy atom. The third kappa shape index (κ3) is 1.79. The minimum Gasteiger partial charge on any atom is -0.496 e. The van der Waals surface area contributed by atoms with Gasteiger partial charge < -0.3 is 4.74 Å². The first-order chi connectivity index (χ1) is 6.51. The molecular formula is C9H6F3NO. The largest absolute Gasteiger partial charge is 0.496 e. The van der Waals surface area contributed by atoms with Crippen molar-refractivity contribution in [2.24, 2.45) is 0 Å². The Hall–Kier alpha value is -1.70. The number of nitrogens with zero attached hydrogens (tertiary/aromatic N) is 1. The van der Waals surface area contributed by atoms with E-state index in [1.165, 1.54) is 7.11 Å². The summed E-state index contributed by atoms with van der Waals surface area (Å²) < 4.78 is 43.1. The zero-order valence-electron chi connectivity index (χ0n) is 7.22. The van der Waals surface area contributed by atoms with Crippen molar-refractivity contribution in [1.82, 2.24) is 0 Å². The summed E-state index contributed by atoms with van der Waals surface area (Å²) in [7, 11) is 1.17. The summed E-state index contributed by atoms with van der Waals surface area (Å²) >= 11 is 0. The smallest absolute Gasteiger partial charge is 0.361 e. The molecule has 1 aromatic rings. The van der Waals surface area contributed by atoms with Crippen molar-refractivity contribution in [2.75, 3.05) is 7.11 Å². The van der Waals surface area contributed by atoms with Crippen LogP contribution in [-0.2, 0) is 5.92 Å². The summed E-state index contributed by atoms with van der Waals surface area (Å²) in [6, 6.07) is 3.40. The van der Waals surface area contributed by atoms with Crippen LogP contribution in [0.25, 0.3) is 0 Å². The molecule has 2 nitrogen and oxygen atoms in total. The third-order valence-corrected chi connectivity index (χ3v) is 1.64. The quantitative estimate of drug-likeness (QED) is 0.736. The van der Waals surface area contributed by atoms with E-state index in [1.807, 2.05) is 0 Å². The van der Waals surface area contributed by atoms with Gasteiger partial charge in [0, 0.05) is 0 Å². The molecule has 0 fully saturated rings. The Morgan fingerprint density at radius 2 is 2.07 bits per heavy atom. The van der Waals surface area contributed by atoms with Gasteiger partial charge in [-0.05, 0) is 18.2 Å². The van der Waals surface area contributed by atoms with Crippen molar-refractivity contribution in [3.8, 4) is 11.8 Å². The molecule has 0 aliphatic heterocycles. The second-order valence-electron chi connectivity index (χ2n) is 2.53. The molecule has 0 aliphatic rings. The summed E-state index contributed by atoms with van der Waals surface area (Å²) in [5.74, 6) is -4.79. The zero-order chi connectivity index (χ0) is 10.8. The maximum absolute atomic E-state index is 12.9. The lowest BCUT2D eigenvalue weighted by Crippen LogP contribution is -2.11. The van der Waals surface area contributed by atoms with Gasteiger partial charge in [0.25, 0.3) is 0 Å². The average molecular weight is 201 g/mol. The first-order valence-electron chi connectivity index (χ1n) is 3.64. The van der Waals surface area contributed by atoms with Crippen molar-refractivity contribution in [2.45, 2.75) is 5.92 Å². The predicted octanol–water partition coefficient (Wildman–Crippen LogP) is 2.45. The van der Waals surface area contributed by atoms with Crippen molar-refractivity contribution in [1.29, 1.82) is 5.26 Å². The van der Waals surface area contributed by atoms with Crippen molar-refractivity contribution < 1.29 is 17.9 Å². The number of halogens is 3. The molecule has 74 valence electrons. The first kappa shape index (κ1) is 10.4. The number of hydrogen-bond donors (Lipinski definition) is 0. The molecule has 0 amide bonds. The SMILES string of the molecule is COc1ccc(F)cc1C(F)(F)C#N. The fraction of sp³-hybridized carbons (Fsp3) is 0.222. The van der Waals surface area contributed by atoms with E-state index in [0.29, 0.717) is 6.07 Å². The lowest BCUT2D eigenvalue weighted by Gasteiger charge is -2.12. The van der Waals surface area contributed by atoms with Gasteiger partial charge in [0.15, 0.2) is 0 Å². The van der Waals surface area contributed by atoms with Gasteiger partial charge in [-0.25, -0.2) is 4.39 Å². The maximum Gasteiger partial charge on any atom is 0.361 e. The van der Waals surface area contributed by atoms with Gasteiger partial charge in [0.2, 0.25) is 0 Å². The molecule has 0 bridgehead atoms. The number of ether oxygens (including phenoxy) is 1. The minimum atomic E-state index is -3.74. The van der Waals surface area contributed by atoms with Crippen LogP contribution in [0.3, 0.4) is 0 Å². The van der Waals surface area contributed by atoms with Crippen molar-refractivity contribution in [3.05, 3.63) is 29.6 Å². The normalized spacial score (nSPS) is 10.8. The summed E-state index contributed by atoms with van der Waals surface area (Å²) in [5.41, 5.74) is -0.762. The van der Waals surface area contributed by atoms with E-state index in [2.05, 4.69) is 4.74 Å². The summed E-state index contributed by atoms with van der Waals surface area (Å²) in [5, 5.41) is 8.18. The summed E-state index contributed by atoms with van der Waals surface area (Å²) in [6.45, 7) is 0. The Bertz CT molecular complexity index is 384. The topological polar surface area (TPSA) is 33.0 Å². The van der Waals surface area contributed by atoms with E-state index in [1.54, 1.807) is 0 Å². The van der Waals surface area contributed by atoms with E-state index in [4.69, 9.17) is 5.26 Å². The van der Waals surface area contributed by atoms with Crippen LogP contribution in [0, 0.1) is 17.1 Å². The molecule has 0 N–H and O–H groups in total. The Labute approximate surface area is 78.5 Å². The maximum atomic E-state index is 12.9. The lowest BCUT2D eigenvalue weighted by atomic mass is 10.1. The Kier molecular flexibility index (Phi) is 2.65. The van der Waals surface area contributed by atoms with Gasteiger partial charge in [-0.15, -0.1) is 0 Å². The molecule has 0 saturated carbocycles. The molecule has 5 heteroatoms. The summed E-state index contributed by atoms with van der Waals surface area (Å²) in [4.78, 5) is 0. The van der Waals surface area contributed by atoms with Crippen LogP contribution < -0.4 is 4.74 Å². The number of rotatable bonds is 2. The lowest BCUT2D eigenvalue weighted by molar-refractivity contribution is 0.0580. The van der Waals surface area contributed by atoms with E-state index in [0.717, 1.165) is 18.2 Å². The molecule has 0 aromatic heterocycles. The second kappa shape index (κ2) is 3.58. The van der Waals surface area contributed by atoms with E-state index < -0.39 is 17.3 Å². The number of benzene rings is 1. The van der Waals surface area contributed by atoms with Gasteiger partial charge in [0.1, 0.15) is 17.6 Å². The van der Waals surface area contributed by atoms with Crippen LogP contribution in [-0.4, -0.2) is 7.11 Å². The molecular weight excluding hydrogens is 195 g/mol. The first-order valence-corrected chi connectivity index (χ1v) is 3.64. The highest BCUT2D eigenvalue weighted by Crippen LogP contribution is 2.34. The van der Waals surface area contributed by atoms with E-state index >= 15 is 0 Å². The van der Waals surface area contributed by atoms with Crippen LogP contribution in [0.5, 0.6) is 5.75 Å². The molecule has 0 atom stereocenters. The van der Waals surface area contributed by atoms with Crippen LogP contribution in [0.2, 0.25) is 0 Å². The fourth-order valence-corrected chi connectivity index (χ4v) is 0.986. The van der Waals surface area contributed by atoms with Gasteiger partial charge in [-0.1, -0.05) is 0 Å². The van der Waals surface area contributed by atoms with Gasteiger partial charge in [0.05, 0.1) is 12.7 Å². The number of methoxy groups -OCH3 is 1. The predicted molar refractivity (Wildman–Crippen MR) is 42.5 cm³/mol. The van der Waals surface area contributed by atoms with Crippen LogP contribution >= 0.6 is 0 Å². The average Bonchev–Trinajstić information content (AvgIpc) is 2.18. The van der Waals surface area contributed by atoms with Crippen molar-refractivity contribution >= 4 is 0 Å². The van der Waals surface area contributed by atoms with Gasteiger partial charge >= 0.3 is 5.92 Å². The van der Waals surface area contributed by atoms with E-state index in [-0.39, 0.29) is 5.75 Å². The van der Waals surface area contributed by atoms with Gasteiger partial charge in [-0.3, -0.25) is 0 Å². The minimum absolute atomic E-state index is 0.210. The third-order valence-electron chi connectivity index (χ3n) is 1.64. The number of hydrogen-bond acceptors (Lipinski definition) is 2. The second-order valence-corrected chi connectivity index (χ2v) is 2.53. The highest BCUT2D eigenvalue weighted by molar-refractivity contribution is 5.40. The van der Waals surface area contributed by atoms with Crippen LogP contribution in [0.4, 0.5) is 13.2 Å². The Balaban J connectivity index is 3.32. The van der Waals surface area contributed by atoms with Crippen LogP contribution in [0.1, 0.15) is 5.56 Å². The number of nitriles is 1. The molecule has 0 spiro atoms. The summed E-state index contributed by atoms with van der Waals surface area (Å²) in [6.07, 6.45) is 0. The van der Waals surface area contributed by atoms with Gasteiger partial charge in [-0.2, -0.15) is 14.0 Å². The molecule has 0 radical (unpaired) electrons. The standard InChI is InChI=1S/C9H6F3NO/c1-14-8-3-2-6(10)4-7(8)9(11,12)5-13/h2-4H,1H3. The molecule has 0 saturated heterocycles. The zero-order valence-corrected chi connectivity index (χ0v) is 7.22. The Morgan fingerprint density at radius 1 is 1.43 bits per heavy atom. The molecule has 0 heterocycles. The molecule has 1 aromatic carbocycles. The highest BCUT2D eigenvalue weighted by atomic mass is 19.3. The van der Waals surface area contributed by atoms with Crippen molar-refractivity contribution in [3.63, 3.8) is 0 Å². The molecule has 0 aliphatic carbocycles. The molecule has 1 rings (SSSR count). The monoisotopic (exact) mass is 201 g/mol. The van der Waals surface area contributed by atoms with Crippen LogP contribution in [0.15, 0.2) is 18.2 Å². The molecule has 14 heavy (non-hydrogen) atoms. The van der Waals surface area contributed by atoms with E-state index in [9.17, 15) is 13.2 Å². The fourth-order valence-electron chi connectivity index (χ4n) is 0.986. The molecule has 0 unspecified atom stereocenters.